The molecular weight excluding hydrogens is 499 g/mol. The standard InChI is InChI=1S/C34H30N2PS/c1-6-16-27(17-7-1)26-38-34-33(35-32(36-34)28-18-8-2-9-19-28)37(29-20-10-3-11-21-29,30-22-12-4-13-23-30)31-24-14-5-15-25-31/h1-25,33-34H,26H2,(H,35,36)/q+1/t33-,34+/m1/s1. The van der Waals surface area contributed by atoms with Gasteiger partial charge in [0.25, 0.3) is 0 Å². The molecule has 0 aromatic heterocycles. The third-order valence-electron chi connectivity index (χ3n) is 7.03. The SMILES string of the molecule is c1ccc(CS[C@@H]2N=C(c3ccccc3)N[C@@H]2[P+](c2ccccc2)(c2ccccc2)c2ccccc2)cc1. The van der Waals surface area contributed by atoms with Crippen LogP contribution in [0.25, 0.3) is 0 Å². The minimum atomic E-state index is -2.18. The van der Waals surface area contributed by atoms with E-state index in [1.54, 1.807) is 0 Å². The molecule has 1 aliphatic heterocycles. The number of amidine groups is 1. The molecule has 0 radical (unpaired) electrons. The second-order valence-corrected chi connectivity index (χ2v) is 14.0. The van der Waals surface area contributed by atoms with Crippen molar-refractivity contribution in [3.8, 4) is 0 Å². The van der Waals surface area contributed by atoms with Gasteiger partial charge in [0.05, 0.1) is 0 Å². The largest absolute Gasteiger partial charge is 0.332 e. The topological polar surface area (TPSA) is 24.4 Å². The number of aliphatic imine (C=N–C) groups is 1. The summed E-state index contributed by atoms with van der Waals surface area (Å²) >= 11 is 1.93. The van der Waals surface area contributed by atoms with Gasteiger partial charge >= 0.3 is 0 Å². The Morgan fingerprint density at radius 3 is 1.45 bits per heavy atom. The van der Waals surface area contributed by atoms with Crippen molar-refractivity contribution in [2.45, 2.75) is 16.9 Å². The smallest absolute Gasteiger partial charge is 0.185 e. The highest BCUT2D eigenvalue weighted by Crippen LogP contribution is 2.62. The van der Waals surface area contributed by atoms with Gasteiger partial charge in [-0.1, -0.05) is 115 Å². The van der Waals surface area contributed by atoms with Crippen molar-refractivity contribution in [1.82, 2.24) is 5.32 Å². The summed E-state index contributed by atoms with van der Waals surface area (Å²) < 4.78 is 0. The molecule has 4 heteroatoms. The molecule has 6 rings (SSSR count). The van der Waals surface area contributed by atoms with E-state index in [0.29, 0.717) is 0 Å². The maximum Gasteiger partial charge on any atom is 0.185 e. The lowest BCUT2D eigenvalue weighted by Gasteiger charge is -2.35. The van der Waals surface area contributed by atoms with E-state index in [2.05, 4.69) is 157 Å². The highest BCUT2D eigenvalue weighted by atomic mass is 32.2. The Morgan fingerprint density at radius 2 is 0.974 bits per heavy atom. The van der Waals surface area contributed by atoms with Crippen LogP contribution in [0.4, 0.5) is 0 Å². The van der Waals surface area contributed by atoms with Crippen LogP contribution < -0.4 is 21.2 Å². The van der Waals surface area contributed by atoms with Gasteiger partial charge in [-0.25, -0.2) is 4.99 Å². The summed E-state index contributed by atoms with van der Waals surface area (Å²) in [6, 6.07) is 54.6. The number of hydrogen-bond acceptors (Lipinski definition) is 3. The summed E-state index contributed by atoms with van der Waals surface area (Å²) in [6.07, 6.45) is 0. The fraction of sp³-hybridized carbons (Fsp3) is 0.0882. The summed E-state index contributed by atoms with van der Waals surface area (Å²) in [5, 5.41) is 8.15. The average Bonchev–Trinajstić information content (AvgIpc) is 3.44. The van der Waals surface area contributed by atoms with Crippen molar-refractivity contribution in [2.75, 3.05) is 0 Å². The third kappa shape index (κ3) is 4.80. The fourth-order valence-electron chi connectivity index (χ4n) is 5.29. The number of benzene rings is 5. The highest BCUT2D eigenvalue weighted by molar-refractivity contribution is 8.01. The van der Waals surface area contributed by atoms with E-state index >= 15 is 0 Å². The van der Waals surface area contributed by atoms with E-state index in [4.69, 9.17) is 4.99 Å². The molecule has 1 N–H and O–H groups in total. The van der Waals surface area contributed by atoms with Gasteiger partial charge < -0.3 is 5.32 Å². The summed E-state index contributed by atoms with van der Waals surface area (Å²) in [6.45, 7) is 0. The normalized spacial score (nSPS) is 17.0. The van der Waals surface area contributed by atoms with E-state index in [9.17, 15) is 0 Å². The number of nitrogens with one attached hydrogen (secondary N) is 1. The van der Waals surface area contributed by atoms with E-state index in [0.717, 1.165) is 17.2 Å². The van der Waals surface area contributed by atoms with Gasteiger partial charge in [-0.15, -0.1) is 11.8 Å². The Labute approximate surface area is 230 Å². The van der Waals surface area contributed by atoms with Crippen LogP contribution in [0.15, 0.2) is 157 Å². The first-order valence-corrected chi connectivity index (χ1v) is 15.9. The maximum absolute atomic E-state index is 5.39. The molecule has 0 saturated carbocycles. The zero-order valence-electron chi connectivity index (χ0n) is 21.1. The Hall–Kier alpha value is -3.65. The molecule has 5 aromatic carbocycles. The van der Waals surface area contributed by atoms with Crippen LogP contribution in [0.5, 0.6) is 0 Å². The van der Waals surface area contributed by atoms with Crippen LogP contribution in [-0.4, -0.2) is 17.0 Å². The number of nitrogens with zero attached hydrogens (tertiary/aromatic N) is 1. The molecule has 0 amide bonds. The Morgan fingerprint density at radius 1 is 0.553 bits per heavy atom. The first-order chi connectivity index (χ1) is 18.9. The summed E-state index contributed by atoms with van der Waals surface area (Å²) in [5.74, 6) is 1.99. The first-order valence-electron chi connectivity index (χ1n) is 13.0. The van der Waals surface area contributed by atoms with Crippen molar-refractivity contribution in [2.24, 2.45) is 4.99 Å². The lowest BCUT2D eigenvalue weighted by Crippen LogP contribution is -2.48. The van der Waals surface area contributed by atoms with Crippen molar-refractivity contribution in [1.29, 1.82) is 0 Å². The number of rotatable bonds is 8. The number of hydrogen-bond donors (Lipinski definition) is 1. The molecule has 2 atom stereocenters. The van der Waals surface area contributed by atoms with Crippen molar-refractivity contribution in [3.63, 3.8) is 0 Å². The molecule has 0 unspecified atom stereocenters. The molecule has 1 aliphatic rings. The van der Waals surface area contributed by atoms with E-state index in [1.807, 2.05) is 11.8 Å². The van der Waals surface area contributed by atoms with E-state index in [-0.39, 0.29) is 11.2 Å². The van der Waals surface area contributed by atoms with Crippen LogP contribution >= 0.6 is 19.0 Å². The Bertz CT molecular complexity index is 1380. The number of thioether (sulfide) groups is 1. The zero-order chi connectivity index (χ0) is 25.6. The van der Waals surface area contributed by atoms with Crippen molar-refractivity contribution < 1.29 is 0 Å². The predicted octanol–water partition coefficient (Wildman–Crippen LogP) is 6.62. The minimum absolute atomic E-state index is 0.0411. The second-order valence-electron chi connectivity index (χ2n) is 9.35. The molecule has 0 bridgehead atoms. The first kappa shape index (κ1) is 24.7. The molecular formula is C34H30N2PS+. The van der Waals surface area contributed by atoms with Gasteiger partial charge in [-0.2, -0.15) is 0 Å². The van der Waals surface area contributed by atoms with Crippen LogP contribution in [0, 0.1) is 0 Å². The van der Waals surface area contributed by atoms with Gasteiger partial charge in [0, 0.05) is 11.3 Å². The summed E-state index contributed by atoms with van der Waals surface area (Å²) in [7, 11) is -2.18. The molecule has 0 saturated heterocycles. The van der Waals surface area contributed by atoms with Gasteiger partial charge in [0.2, 0.25) is 0 Å². The molecule has 186 valence electrons. The Kier molecular flexibility index (Phi) is 7.40. The Balaban J connectivity index is 1.54. The van der Waals surface area contributed by atoms with Crippen LogP contribution in [0.3, 0.4) is 0 Å². The quantitative estimate of drug-likeness (QED) is 0.229. The summed E-state index contributed by atoms with van der Waals surface area (Å²) in [5.41, 5.74) is 2.45. The molecule has 0 fully saturated rings. The van der Waals surface area contributed by atoms with Gasteiger partial charge in [-0.05, 0) is 42.0 Å². The lowest BCUT2D eigenvalue weighted by molar-refractivity contribution is 0.831. The zero-order valence-corrected chi connectivity index (χ0v) is 22.8. The minimum Gasteiger partial charge on any atom is -0.332 e. The monoisotopic (exact) mass is 529 g/mol. The molecule has 38 heavy (non-hydrogen) atoms. The molecule has 0 aliphatic carbocycles. The maximum atomic E-state index is 5.39. The fourth-order valence-corrected chi connectivity index (χ4v) is 11.6. The molecule has 5 aromatic rings. The van der Waals surface area contributed by atoms with E-state index < -0.39 is 7.26 Å². The van der Waals surface area contributed by atoms with Crippen molar-refractivity contribution >= 4 is 40.8 Å². The second kappa shape index (κ2) is 11.4. The highest BCUT2D eigenvalue weighted by Gasteiger charge is 2.58. The summed E-state index contributed by atoms with van der Waals surface area (Å²) in [4.78, 5) is 5.39. The van der Waals surface area contributed by atoms with Crippen molar-refractivity contribution in [3.05, 3.63) is 163 Å². The van der Waals surface area contributed by atoms with Crippen LogP contribution in [0.1, 0.15) is 11.1 Å². The van der Waals surface area contributed by atoms with Crippen LogP contribution in [0.2, 0.25) is 0 Å². The molecule has 0 spiro atoms. The predicted molar refractivity (Wildman–Crippen MR) is 167 cm³/mol. The van der Waals surface area contributed by atoms with Gasteiger partial charge in [0.15, 0.2) is 11.2 Å². The van der Waals surface area contributed by atoms with Gasteiger partial charge in [0.1, 0.15) is 29.0 Å². The van der Waals surface area contributed by atoms with E-state index in [1.165, 1.54) is 21.5 Å². The lowest BCUT2D eigenvalue weighted by atomic mass is 10.2. The van der Waals surface area contributed by atoms with Gasteiger partial charge in [-0.3, -0.25) is 0 Å². The van der Waals surface area contributed by atoms with Crippen LogP contribution in [-0.2, 0) is 5.75 Å². The molecule has 1 heterocycles. The average molecular weight is 530 g/mol. The molecule has 2 nitrogen and oxygen atoms in total. The third-order valence-corrected chi connectivity index (χ3v) is 13.0.